The molecule has 5 heteroatoms. The van der Waals surface area contributed by atoms with Gasteiger partial charge in [-0.1, -0.05) is 39.7 Å². The minimum Gasteiger partial charge on any atom is -0.496 e. The summed E-state index contributed by atoms with van der Waals surface area (Å²) in [6.07, 6.45) is 0.227. The fourth-order valence-corrected chi connectivity index (χ4v) is 2.64. The summed E-state index contributed by atoms with van der Waals surface area (Å²) in [6.45, 7) is 1.95. The summed E-state index contributed by atoms with van der Waals surface area (Å²) < 4.78 is 6.27. The summed E-state index contributed by atoms with van der Waals surface area (Å²) in [7, 11) is 1.58. The zero-order valence-electron chi connectivity index (χ0n) is 12.4. The fourth-order valence-electron chi connectivity index (χ4n) is 2.19. The van der Waals surface area contributed by atoms with Crippen LogP contribution in [0.3, 0.4) is 0 Å². The van der Waals surface area contributed by atoms with Crippen LogP contribution in [0.4, 0.5) is 0 Å². The van der Waals surface area contributed by atoms with E-state index in [1.807, 2.05) is 31.2 Å². The maximum Gasteiger partial charge on any atom is 0.225 e. The molecule has 0 heterocycles. The van der Waals surface area contributed by atoms with Crippen LogP contribution in [0.5, 0.6) is 5.75 Å². The number of hydrogen-bond acceptors (Lipinski definition) is 2. The topological polar surface area (TPSA) is 38.3 Å². The number of hydrogen-bond donors (Lipinski definition) is 1. The van der Waals surface area contributed by atoms with Gasteiger partial charge in [0.05, 0.1) is 19.6 Å². The molecule has 0 saturated heterocycles. The largest absolute Gasteiger partial charge is 0.496 e. The summed E-state index contributed by atoms with van der Waals surface area (Å²) in [5, 5.41) is 3.57. The third-order valence-corrected chi connectivity index (χ3v) is 4.10. The summed E-state index contributed by atoms with van der Waals surface area (Å²) in [6, 6.07) is 13.1. The van der Waals surface area contributed by atoms with Crippen molar-refractivity contribution in [1.82, 2.24) is 5.32 Å². The van der Waals surface area contributed by atoms with Gasteiger partial charge in [0.1, 0.15) is 5.75 Å². The highest BCUT2D eigenvalue weighted by atomic mass is 79.9. The Morgan fingerprint density at radius 3 is 2.59 bits per heavy atom. The summed E-state index contributed by atoms with van der Waals surface area (Å²) >= 11 is 9.38. The predicted molar refractivity (Wildman–Crippen MR) is 92.4 cm³/mol. The number of carbonyl (C=O) groups excluding carboxylic acids is 1. The molecular formula is C17H17BrClNO2. The fraction of sp³-hybridized carbons (Fsp3) is 0.235. The highest BCUT2D eigenvalue weighted by Crippen LogP contribution is 2.23. The van der Waals surface area contributed by atoms with Crippen LogP contribution in [0.1, 0.15) is 24.1 Å². The van der Waals surface area contributed by atoms with Gasteiger partial charge in [-0.2, -0.15) is 0 Å². The molecule has 3 nitrogen and oxygen atoms in total. The van der Waals surface area contributed by atoms with Crippen molar-refractivity contribution >= 4 is 33.4 Å². The normalized spacial score (nSPS) is 11.8. The van der Waals surface area contributed by atoms with Crippen molar-refractivity contribution in [2.45, 2.75) is 19.4 Å². The Bertz CT molecular complexity index is 658. The van der Waals surface area contributed by atoms with Gasteiger partial charge < -0.3 is 10.1 Å². The molecule has 0 bridgehead atoms. The van der Waals surface area contributed by atoms with E-state index in [9.17, 15) is 4.79 Å². The van der Waals surface area contributed by atoms with Crippen molar-refractivity contribution in [2.75, 3.05) is 7.11 Å². The highest BCUT2D eigenvalue weighted by molar-refractivity contribution is 9.10. The quantitative estimate of drug-likeness (QED) is 0.825. The average molecular weight is 383 g/mol. The van der Waals surface area contributed by atoms with Gasteiger partial charge in [-0.25, -0.2) is 0 Å². The molecule has 22 heavy (non-hydrogen) atoms. The van der Waals surface area contributed by atoms with E-state index in [0.29, 0.717) is 10.8 Å². The van der Waals surface area contributed by atoms with Crippen molar-refractivity contribution in [1.29, 1.82) is 0 Å². The molecule has 2 aromatic carbocycles. The maximum absolute atomic E-state index is 12.2. The van der Waals surface area contributed by atoms with Crippen LogP contribution in [0.25, 0.3) is 0 Å². The molecule has 1 amide bonds. The molecule has 0 saturated carbocycles. The van der Waals surface area contributed by atoms with Crippen LogP contribution in [0.2, 0.25) is 5.02 Å². The zero-order chi connectivity index (χ0) is 16.1. The maximum atomic E-state index is 12.2. The van der Waals surface area contributed by atoms with Crippen molar-refractivity contribution < 1.29 is 9.53 Å². The van der Waals surface area contributed by atoms with E-state index in [4.69, 9.17) is 16.3 Å². The minimum absolute atomic E-state index is 0.0641. The monoisotopic (exact) mass is 381 g/mol. The Balaban J connectivity index is 2.03. The standard InChI is InChI=1S/C17H17BrClNO2/c1-11(12-3-5-14(18)6-4-12)20-17(21)10-13-9-15(19)7-8-16(13)22-2/h3-9,11H,10H2,1-2H3,(H,20,21). The average Bonchev–Trinajstić information content (AvgIpc) is 2.48. The van der Waals surface area contributed by atoms with E-state index in [0.717, 1.165) is 15.6 Å². The van der Waals surface area contributed by atoms with Crippen molar-refractivity contribution in [2.24, 2.45) is 0 Å². The third-order valence-electron chi connectivity index (χ3n) is 3.34. The van der Waals surface area contributed by atoms with Crippen LogP contribution >= 0.6 is 27.5 Å². The Kier molecular flexibility index (Phi) is 5.86. The summed E-state index contributed by atoms with van der Waals surface area (Å²) in [4.78, 5) is 12.2. The number of carbonyl (C=O) groups is 1. The number of halogens is 2. The molecule has 0 fully saturated rings. The first-order valence-corrected chi connectivity index (χ1v) is 8.04. The SMILES string of the molecule is COc1ccc(Cl)cc1CC(=O)NC(C)c1ccc(Br)cc1. The second kappa shape index (κ2) is 7.65. The smallest absolute Gasteiger partial charge is 0.225 e. The second-order valence-electron chi connectivity index (χ2n) is 4.97. The molecule has 1 atom stereocenters. The summed E-state index contributed by atoms with van der Waals surface area (Å²) in [5.41, 5.74) is 1.82. The lowest BCUT2D eigenvalue weighted by Gasteiger charge is -2.15. The first kappa shape index (κ1) is 16.8. The van der Waals surface area contributed by atoms with Gasteiger partial charge >= 0.3 is 0 Å². The van der Waals surface area contributed by atoms with Crippen molar-refractivity contribution in [3.63, 3.8) is 0 Å². The van der Waals surface area contributed by atoms with Crippen LogP contribution in [-0.2, 0) is 11.2 Å². The third kappa shape index (κ3) is 4.49. The lowest BCUT2D eigenvalue weighted by molar-refractivity contribution is -0.121. The van der Waals surface area contributed by atoms with E-state index >= 15 is 0 Å². The van der Waals surface area contributed by atoms with Crippen LogP contribution < -0.4 is 10.1 Å². The first-order valence-electron chi connectivity index (χ1n) is 6.87. The number of amides is 1. The number of rotatable bonds is 5. The van der Waals surface area contributed by atoms with Gasteiger partial charge in [-0.15, -0.1) is 0 Å². The Hall–Kier alpha value is -1.52. The molecular weight excluding hydrogens is 366 g/mol. The number of ether oxygens (including phenoxy) is 1. The van der Waals surface area contributed by atoms with Gasteiger partial charge in [0.25, 0.3) is 0 Å². The van der Waals surface area contributed by atoms with E-state index < -0.39 is 0 Å². The molecule has 0 spiro atoms. The molecule has 0 aliphatic rings. The van der Waals surface area contributed by atoms with Gasteiger partial charge in [0.2, 0.25) is 5.91 Å². The first-order chi connectivity index (χ1) is 10.5. The number of nitrogens with one attached hydrogen (secondary N) is 1. The van der Waals surface area contributed by atoms with Crippen molar-refractivity contribution in [3.8, 4) is 5.75 Å². The molecule has 0 aromatic heterocycles. The molecule has 0 radical (unpaired) electrons. The molecule has 116 valence electrons. The lowest BCUT2D eigenvalue weighted by Crippen LogP contribution is -2.28. The second-order valence-corrected chi connectivity index (χ2v) is 6.33. The summed E-state index contributed by atoms with van der Waals surface area (Å²) in [5.74, 6) is 0.590. The van der Waals surface area contributed by atoms with Gasteiger partial charge in [0.15, 0.2) is 0 Å². The number of methoxy groups -OCH3 is 1. The molecule has 2 aromatic rings. The molecule has 2 rings (SSSR count). The van der Waals surface area contributed by atoms with E-state index in [1.165, 1.54) is 0 Å². The van der Waals surface area contributed by atoms with E-state index in [2.05, 4.69) is 21.2 Å². The van der Waals surface area contributed by atoms with Gasteiger partial charge in [-0.3, -0.25) is 4.79 Å². The van der Waals surface area contributed by atoms with Crippen LogP contribution in [0.15, 0.2) is 46.9 Å². The van der Waals surface area contributed by atoms with E-state index in [1.54, 1.807) is 25.3 Å². The van der Waals surface area contributed by atoms with Crippen LogP contribution in [0, 0.1) is 0 Å². The Morgan fingerprint density at radius 2 is 1.95 bits per heavy atom. The highest BCUT2D eigenvalue weighted by Gasteiger charge is 2.13. The number of benzene rings is 2. The van der Waals surface area contributed by atoms with E-state index in [-0.39, 0.29) is 18.4 Å². The van der Waals surface area contributed by atoms with Gasteiger partial charge in [-0.05, 0) is 42.8 Å². The molecule has 1 N–H and O–H groups in total. The molecule has 0 aliphatic carbocycles. The minimum atomic E-state index is -0.0732. The molecule has 0 aliphatic heterocycles. The lowest BCUT2D eigenvalue weighted by atomic mass is 10.1. The van der Waals surface area contributed by atoms with Crippen LogP contribution in [-0.4, -0.2) is 13.0 Å². The van der Waals surface area contributed by atoms with Gasteiger partial charge in [0, 0.05) is 15.1 Å². The van der Waals surface area contributed by atoms with Crippen molar-refractivity contribution in [3.05, 3.63) is 63.1 Å². The molecule has 1 unspecified atom stereocenters. The predicted octanol–water partition coefficient (Wildman–Crippen LogP) is 4.53. The Morgan fingerprint density at radius 1 is 1.27 bits per heavy atom. The zero-order valence-corrected chi connectivity index (χ0v) is 14.7. The Labute approximate surface area is 143 Å².